The summed E-state index contributed by atoms with van der Waals surface area (Å²) in [4.78, 5) is 9.36. The second-order valence-electron chi connectivity index (χ2n) is 6.36. The van der Waals surface area contributed by atoms with E-state index in [-0.39, 0.29) is 0 Å². The van der Waals surface area contributed by atoms with Crippen molar-refractivity contribution in [1.82, 2.24) is 4.98 Å². The van der Waals surface area contributed by atoms with Crippen molar-refractivity contribution in [1.29, 1.82) is 0 Å². The number of amidine groups is 1. The van der Waals surface area contributed by atoms with Crippen LogP contribution in [0.1, 0.15) is 24.8 Å². The Balaban J connectivity index is 1.66. The molecule has 25 heavy (non-hydrogen) atoms. The fourth-order valence-electron chi connectivity index (χ4n) is 3.15. The minimum absolute atomic E-state index is 0.926. The van der Waals surface area contributed by atoms with E-state index in [1.165, 1.54) is 35.1 Å². The highest BCUT2D eigenvalue weighted by Gasteiger charge is 2.12. The molecule has 0 amide bonds. The van der Waals surface area contributed by atoms with Crippen LogP contribution in [0.4, 0.5) is 5.13 Å². The van der Waals surface area contributed by atoms with Gasteiger partial charge in [-0.05, 0) is 30.9 Å². The van der Waals surface area contributed by atoms with E-state index >= 15 is 0 Å². The molecule has 4 heteroatoms. The van der Waals surface area contributed by atoms with Gasteiger partial charge in [-0.2, -0.15) is 0 Å². The Morgan fingerprint density at radius 3 is 2.68 bits per heavy atom. The molecule has 0 saturated carbocycles. The van der Waals surface area contributed by atoms with Crippen molar-refractivity contribution in [3.63, 3.8) is 0 Å². The lowest BCUT2D eigenvalue weighted by Gasteiger charge is -2.11. The van der Waals surface area contributed by atoms with Gasteiger partial charge in [-0.3, -0.25) is 4.99 Å². The normalized spacial score (nSPS) is 14.2. The number of benzene rings is 2. The van der Waals surface area contributed by atoms with Crippen molar-refractivity contribution < 1.29 is 0 Å². The molecule has 0 radical (unpaired) electrons. The zero-order chi connectivity index (χ0) is 17.1. The van der Waals surface area contributed by atoms with Crippen LogP contribution in [0, 0.1) is 6.92 Å². The fraction of sp³-hybridized carbons (Fsp3) is 0.238. The number of nitrogens with one attached hydrogen (secondary N) is 1. The van der Waals surface area contributed by atoms with Crippen LogP contribution in [-0.4, -0.2) is 17.4 Å². The summed E-state index contributed by atoms with van der Waals surface area (Å²) in [5.74, 6) is 1.07. The lowest BCUT2D eigenvalue weighted by Crippen LogP contribution is -2.15. The van der Waals surface area contributed by atoms with E-state index in [4.69, 9.17) is 4.98 Å². The molecule has 0 unspecified atom stereocenters. The van der Waals surface area contributed by atoms with Gasteiger partial charge in [-0.1, -0.05) is 54.1 Å². The maximum Gasteiger partial charge on any atom is 0.188 e. The van der Waals surface area contributed by atoms with Crippen LogP contribution in [0.25, 0.3) is 22.4 Å². The molecular formula is C21H21N3S. The van der Waals surface area contributed by atoms with E-state index < -0.39 is 0 Å². The lowest BCUT2D eigenvalue weighted by atomic mass is 9.97. The summed E-state index contributed by atoms with van der Waals surface area (Å²) in [6.45, 7) is 3.05. The summed E-state index contributed by atoms with van der Waals surface area (Å²) in [6, 6.07) is 17.1. The first kappa shape index (κ1) is 16.0. The molecule has 2 aromatic carbocycles. The molecule has 0 aliphatic carbocycles. The summed E-state index contributed by atoms with van der Waals surface area (Å²) in [7, 11) is 0. The van der Waals surface area contributed by atoms with E-state index in [0.717, 1.165) is 29.6 Å². The number of thiazole rings is 1. The Labute approximate surface area is 152 Å². The minimum atomic E-state index is 0.926. The van der Waals surface area contributed by atoms with Gasteiger partial charge >= 0.3 is 0 Å². The number of hydrogen-bond donors (Lipinski definition) is 1. The van der Waals surface area contributed by atoms with Gasteiger partial charge in [0.25, 0.3) is 0 Å². The molecular weight excluding hydrogens is 326 g/mol. The first-order valence-electron chi connectivity index (χ1n) is 8.72. The van der Waals surface area contributed by atoms with Crippen molar-refractivity contribution in [3.8, 4) is 22.4 Å². The molecule has 0 bridgehead atoms. The van der Waals surface area contributed by atoms with Crippen LogP contribution >= 0.6 is 11.3 Å². The Morgan fingerprint density at radius 1 is 1.00 bits per heavy atom. The van der Waals surface area contributed by atoms with Crippen LogP contribution in [0.5, 0.6) is 0 Å². The van der Waals surface area contributed by atoms with Crippen molar-refractivity contribution in [3.05, 3.63) is 59.5 Å². The minimum Gasteiger partial charge on any atom is -0.320 e. The average molecular weight is 347 g/mol. The molecule has 3 aromatic rings. The van der Waals surface area contributed by atoms with Crippen LogP contribution in [-0.2, 0) is 0 Å². The first-order chi connectivity index (χ1) is 12.3. The zero-order valence-corrected chi connectivity index (χ0v) is 15.1. The van der Waals surface area contributed by atoms with Gasteiger partial charge in [0.1, 0.15) is 5.84 Å². The Morgan fingerprint density at radius 2 is 1.88 bits per heavy atom. The third kappa shape index (κ3) is 3.64. The predicted molar refractivity (Wildman–Crippen MR) is 107 cm³/mol. The second kappa shape index (κ2) is 7.19. The number of aryl methyl sites for hydroxylation is 1. The topological polar surface area (TPSA) is 37.3 Å². The highest BCUT2D eigenvalue weighted by molar-refractivity contribution is 7.14. The summed E-state index contributed by atoms with van der Waals surface area (Å²) < 4.78 is 0. The third-order valence-corrected chi connectivity index (χ3v) is 5.17. The average Bonchev–Trinajstić information content (AvgIpc) is 3.11. The van der Waals surface area contributed by atoms with E-state index in [9.17, 15) is 0 Å². The molecule has 0 saturated heterocycles. The Hall–Kier alpha value is -2.46. The van der Waals surface area contributed by atoms with Gasteiger partial charge in [-0.25, -0.2) is 4.98 Å². The largest absolute Gasteiger partial charge is 0.320 e. The predicted octanol–water partition coefficient (Wildman–Crippen LogP) is 5.78. The smallest absolute Gasteiger partial charge is 0.188 e. The van der Waals surface area contributed by atoms with Crippen molar-refractivity contribution >= 4 is 22.3 Å². The second-order valence-corrected chi connectivity index (χ2v) is 7.22. The molecule has 1 aliphatic rings. The number of anilines is 1. The summed E-state index contributed by atoms with van der Waals surface area (Å²) >= 11 is 1.64. The van der Waals surface area contributed by atoms with E-state index in [0.29, 0.717) is 0 Å². The van der Waals surface area contributed by atoms with Gasteiger partial charge in [0.15, 0.2) is 5.13 Å². The fourth-order valence-corrected chi connectivity index (χ4v) is 3.88. The quantitative estimate of drug-likeness (QED) is 0.652. The number of hydrogen-bond acceptors (Lipinski definition) is 4. The van der Waals surface area contributed by atoms with Crippen molar-refractivity contribution in [2.24, 2.45) is 4.99 Å². The highest BCUT2D eigenvalue weighted by atomic mass is 32.1. The maximum absolute atomic E-state index is 4.81. The number of rotatable bonds is 3. The molecule has 3 nitrogen and oxygen atoms in total. The first-order valence-corrected chi connectivity index (χ1v) is 9.60. The third-order valence-electron chi connectivity index (χ3n) is 4.41. The molecule has 0 fully saturated rings. The van der Waals surface area contributed by atoms with Gasteiger partial charge < -0.3 is 5.32 Å². The molecule has 1 aliphatic heterocycles. The van der Waals surface area contributed by atoms with Crippen LogP contribution < -0.4 is 5.32 Å². The van der Waals surface area contributed by atoms with E-state index in [1.807, 2.05) is 0 Å². The maximum atomic E-state index is 4.81. The highest BCUT2D eigenvalue weighted by Crippen LogP contribution is 2.34. The number of aliphatic imine (C=N–C) groups is 1. The van der Waals surface area contributed by atoms with Crippen molar-refractivity contribution in [2.75, 3.05) is 11.9 Å². The molecule has 4 rings (SSSR count). The summed E-state index contributed by atoms with van der Waals surface area (Å²) in [5, 5.41) is 6.45. The number of nitrogens with zero attached hydrogens (tertiary/aromatic N) is 2. The van der Waals surface area contributed by atoms with Gasteiger partial charge in [0, 0.05) is 23.9 Å². The van der Waals surface area contributed by atoms with E-state index in [2.05, 4.69) is 71.1 Å². The molecule has 0 atom stereocenters. The van der Waals surface area contributed by atoms with Gasteiger partial charge in [0.2, 0.25) is 0 Å². The molecule has 1 N–H and O–H groups in total. The Kier molecular flexibility index (Phi) is 4.61. The Bertz CT molecular complexity index is 911. The van der Waals surface area contributed by atoms with Crippen LogP contribution in [0.3, 0.4) is 0 Å². The monoisotopic (exact) mass is 347 g/mol. The molecule has 126 valence electrons. The zero-order valence-electron chi connectivity index (χ0n) is 14.3. The lowest BCUT2D eigenvalue weighted by molar-refractivity contribution is 0.737. The SMILES string of the molecule is Cc1cccc(-c2ccccc2-c2csc(NC3=NCCCC3)n2)c1. The molecule has 1 aromatic heterocycles. The summed E-state index contributed by atoms with van der Waals surface area (Å²) in [6.07, 6.45) is 3.42. The van der Waals surface area contributed by atoms with Crippen molar-refractivity contribution in [2.45, 2.75) is 26.2 Å². The van der Waals surface area contributed by atoms with Crippen LogP contribution in [0.15, 0.2) is 58.9 Å². The number of aromatic nitrogens is 1. The van der Waals surface area contributed by atoms with Gasteiger partial charge in [0.05, 0.1) is 5.69 Å². The summed E-state index contributed by atoms with van der Waals surface area (Å²) in [5.41, 5.74) is 5.90. The standard InChI is InChI=1S/C21H21N3S/c1-15-7-6-8-16(13-15)17-9-2-3-10-18(17)19-14-25-21(23-19)24-20-11-4-5-12-22-20/h2-3,6-10,13-14H,4-5,11-12H2,1H3,(H,22,23,24). The van der Waals surface area contributed by atoms with Crippen LogP contribution in [0.2, 0.25) is 0 Å². The molecule has 0 spiro atoms. The van der Waals surface area contributed by atoms with Gasteiger partial charge in [-0.15, -0.1) is 11.3 Å². The molecule has 2 heterocycles. The van der Waals surface area contributed by atoms with E-state index in [1.54, 1.807) is 11.3 Å².